The molecule has 102 valence electrons. The molecule has 0 radical (unpaired) electrons. The fourth-order valence-electron chi connectivity index (χ4n) is 1.85. The number of halogens is 1. The van der Waals surface area contributed by atoms with Gasteiger partial charge in [0.15, 0.2) is 5.58 Å². The maximum Gasteiger partial charge on any atom is 0.239 e. The summed E-state index contributed by atoms with van der Waals surface area (Å²) in [5, 5.41) is 12.9. The lowest BCUT2D eigenvalue weighted by atomic mass is 10.3. The Morgan fingerprint density at radius 1 is 1.24 bits per heavy atom. The SMILES string of the molecule is N#C/C(=C\Nc1ccccc1)c1nc2cc(Cl)ccc2o1. The molecule has 1 aromatic heterocycles. The molecular weight excluding hydrogens is 286 g/mol. The van der Waals surface area contributed by atoms with Gasteiger partial charge < -0.3 is 9.73 Å². The van der Waals surface area contributed by atoms with Gasteiger partial charge in [-0.15, -0.1) is 0 Å². The summed E-state index contributed by atoms with van der Waals surface area (Å²) in [6.45, 7) is 0. The fourth-order valence-corrected chi connectivity index (χ4v) is 2.01. The second-order valence-electron chi connectivity index (χ2n) is 4.31. The Hall–Kier alpha value is -2.77. The van der Waals surface area contributed by atoms with Crippen LogP contribution in [0.5, 0.6) is 0 Å². The standard InChI is InChI=1S/C16H10ClN3O/c17-12-6-7-15-14(8-12)20-16(21-15)11(9-18)10-19-13-4-2-1-3-5-13/h1-8,10,19H/b11-10+. The van der Waals surface area contributed by atoms with Crippen molar-refractivity contribution in [2.24, 2.45) is 0 Å². The van der Waals surface area contributed by atoms with Crippen molar-refractivity contribution in [3.05, 3.63) is 65.6 Å². The zero-order chi connectivity index (χ0) is 14.7. The monoisotopic (exact) mass is 295 g/mol. The van der Waals surface area contributed by atoms with Crippen LogP contribution in [0.4, 0.5) is 5.69 Å². The van der Waals surface area contributed by atoms with Gasteiger partial charge >= 0.3 is 0 Å². The van der Waals surface area contributed by atoms with Gasteiger partial charge in [-0.05, 0) is 30.3 Å². The van der Waals surface area contributed by atoms with Crippen LogP contribution >= 0.6 is 11.6 Å². The number of fused-ring (bicyclic) bond motifs is 1. The third-order valence-corrected chi connectivity index (χ3v) is 3.09. The largest absolute Gasteiger partial charge is 0.435 e. The molecule has 3 aromatic rings. The summed E-state index contributed by atoms with van der Waals surface area (Å²) in [6.07, 6.45) is 1.57. The van der Waals surface area contributed by atoms with Gasteiger partial charge in [-0.2, -0.15) is 5.26 Å². The highest BCUT2D eigenvalue weighted by Gasteiger charge is 2.10. The molecule has 1 N–H and O–H groups in total. The normalized spacial score (nSPS) is 11.3. The summed E-state index contributed by atoms with van der Waals surface area (Å²) in [7, 11) is 0. The van der Waals surface area contributed by atoms with E-state index in [2.05, 4.69) is 16.4 Å². The smallest absolute Gasteiger partial charge is 0.239 e. The Kier molecular flexibility index (Phi) is 3.59. The Morgan fingerprint density at radius 2 is 2.05 bits per heavy atom. The molecule has 1 heterocycles. The fraction of sp³-hybridized carbons (Fsp3) is 0. The van der Waals surface area contributed by atoms with Crippen molar-refractivity contribution in [1.29, 1.82) is 5.26 Å². The van der Waals surface area contributed by atoms with Gasteiger partial charge in [-0.25, -0.2) is 4.98 Å². The highest BCUT2D eigenvalue weighted by molar-refractivity contribution is 6.31. The van der Waals surface area contributed by atoms with Crippen LogP contribution < -0.4 is 5.32 Å². The Morgan fingerprint density at radius 3 is 2.81 bits per heavy atom. The Labute approximate surface area is 126 Å². The van der Waals surface area contributed by atoms with E-state index in [1.165, 1.54) is 0 Å². The predicted molar refractivity (Wildman–Crippen MR) is 82.7 cm³/mol. The molecule has 3 rings (SSSR count). The number of hydrogen-bond acceptors (Lipinski definition) is 4. The summed E-state index contributed by atoms with van der Waals surface area (Å²) in [5.41, 5.74) is 2.41. The quantitative estimate of drug-likeness (QED) is 0.725. The molecule has 0 fully saturated rings. The lowest BCUT2D eigenvalue weighted by Gasteiger charge is -1.99. The number of rotatable bonds is 3. The van der Waals surface area contributed by atoms with Crippen molar-refractivity contribution in [1.82, 2.24) is 4.98 Å². The summed E-state index contributed by atoms with van der Waals surface area (Å²) >= 11 is 5.91. The molecule has 21 heavy (non-hydrogen) atoms. The van der Waals surface area contributed by atoms with Gasteiger partial charge in [0.25, 0.3) is 0 Å². The molecule has 0 atom stereocenters. The average Bonchev–Trinajstić information content (AvgIpc) is 2.92. The van der Waals surface area contributed by atoms with Crippen LogP contribution in [0.15, 0.2) is 59.1 Å². The molecule has 5 heteroatoms. The number of nitrogens with zero attached hydrogens (tertiary/aromatic N) is 2. The number of aromatic nitrogens is 1. The van der Waals surface area contributed by atoms with Crippen LogP contribution in [0.25, 0.3) is 16.7 Å². The summed E-state index contributed by atoms with van der Waals surface area (Å²) < 4.78 is 5.56. The van der Waals surface area contributed by atoms with E-state index in [1.807, 2.05) is 30.3 Å². The highest BCUT2D eigenvalue weighted by Crippen LogP contribution is 2.23. The van der Waals surface area contributed by atoms with Gasteiger partial charge in [0, 0.05) is 16.9 Å². The van der Waals surface area contributed by atoms with Crippen LogP contribution in [0.3, 0.4) is 0 Å². The third kappa shape index (κ3) is 2.88. The third-order valence-electron chi connectivity index (χ3n) is 2.86. The molecule has 0 aliphatic heterocycles. The van der Waals surface area contributed by atoms with E-state index in [9.17, 15) is 5.26 Å². The van der Waals surface area contributed by atoms with E-state index in [-0.39, 0.29) is 5.89 Å². The number of allylic oxidation sites excluding steroid dienone is 1. The molecule has 0 saturated heterocycles. The number of oxazole rings is 1. The van der Waals surface area contributed by atoms with Crippen molar-refractivity contribution in [3.8, 4) is 6.07 Å². The lowest BCUT2D eigenvalue weighted by molar-refractivity contribution is 0.586. The summed E-state index contributed by atoms with van der Waals surface area (Å²) in [6, 6.07) is 16.8. The Bertz CT molecular complexity index is 847. The number of anilines is 1. The van der Waals surface area contributed by atoms with Crippen molar-refractivity contribution in [2.75, 3.05) is 5.32 Å². The van der Waals surface area contributed by atoms with Gasteiger partial charge in [0.05, 0.1) is 0 Å². The number of benzene rings is 2. The molecule has 0 saturated carbocycles. The average molecular weight is 296 g/mol. The molecule has 0 aliphatic rings. The van der Waals surface area contributed by atoms with Crippen molar-refractivity contribution in [3.63, 3.8) is 0 Å². The Balaban J connectivity index is 1.93. The van der Waals surface area contributed by atoms with Crippen molar-refractivity contribution < 1.29 is 4.42 Å². The van der Waals surface area contributed by atoms with Crippen LogP contribution in [0, 0.1) is 11.3 Å². The van der Waals surface area contributed by atoms with Crippen LogP contribution in [-0.4, -0.2) is 4.98 Å². The molecule has 0 spiro atoms. The zero-order valence-corrected chi connectivity index (χ0v) is 11.6. The maximum absolute atomic E-state index is 9.25. The second kappa shape index (κ2) is 5.70. The van der Waals surface area contributed by atoms with E-state index in [0.717, 1.165) is 5.69 Å². The number of nitriles is 1. The van der Waals surface area contributed by atoms with Gasteiger partial charge in [-0.1, -0.05) is 29.8 Å². The predicted octanol–water partition coefficient (Wildman–Crippen LogP) is 4.46. The minimum absolute atomic E-state index is 0.262. The molecule has 2 aromatic carbocycles. The first-order chi connectivity index (χ1) is 10.3. The minimum atomic E-state index is 0.262. The number of para-hydroxylation sites is 1. The van der Waals surface area contributed by atoms with Crippen LogP contribution in [-0.2, 0) is 0 Å². The van der Waals surface area contributed by atoms with E-state index < -0.39 is 0 Å². The highest BCUT2D eigenvalue weighted by atomic mass is 35.5. The molecule has 0 unspecified atom stereocenters. The number of nitrogens with one attached hydrogen (secondary N) is 1. The maximum atomic E-state index is 9.25. The molecular formula is C16H10ClN3O. The van der Waals surface area contributed by atoms with Gasteiger partial charge in [0.2, 0.25) is 5.89 Å². The first kappa shape index (κ1) is 13.2. The summed E-state index contributed by atoms with van der Waals surface area (Å²) in [5.74, 6) is 0.262. The molecule has 4 nitrogen and oxygen atoms in total. The second-order valence-corrected chi connectivity index (χ2v) is 4.75. The van der Waals surface area contributed by atoms with Gasteiger partial charge in [0.1, 0.15) is 17.2 Å². The first-order valence-electron chi connectivity index (χ1n) is 6.24. The van der Waals surface area contributed by atoms with E-state index in [4.69, 9.17) is 16.0 Å². The van der Waals surface area contributed by atoms with Crippen molar-refractivity contribution >= 4 is 34.0 Å². The van der Waals surface area contributed by atoms with Gasteiger partial charge in [-0.3, -0.25) is 0 Å². The topological polar surface area (TPSA) is 61.9 Å². The van der Waals surface area contributed by atoms with E-state index >= 15 is 0 Å². The zero-order valence-electron chi connectivity index (χ0n) is 10.9. The number of hydrogen-bond donors (Lipinski definition) is 1. The first-order valence-corrected chi connectivity index (χ1v) is 6.62. The summed E-state index contributed by atoms with van der Waals surface area (Å²) in [4.78, 5) is 4.28. The van der Waals surface area contributed by atoms with E-state index in [1.54, 1.807) is 24.4 Å². The molecule has 0 amide bonds. The minimum Gasteiger partial charge on any atom is -0.435 e. The molecule has 0 aliphatic carbocycles. The lowest BCUT2D eigenvalue weighted by Crippen LogP contribution is -1.90. The van der Waals surface area contributed by atoms with Crippen molar-refractivity contribution in [2.45, 2.75) is 0 Å². The van der Waals surface area contributed by atoms with Crippen LogP contribution in [0.2, 0.25) is 5.02 Å². The molecule has 0 bridgehead atoms. The van der Waals surface area contributed by atoms with E-state index in [0.29, 0.717) is 21.7 Å². The van der Waals surface area contributed by atoms with Crippen LogP contribution in [0.1, 0.15) is 5.89 Å².